The predicted octanol–water partition coefficient (Wildman–Crippen LogP) is 1.73. The molecule has 2 nitrogen and oxygen atoms in total. The molecule has 5 heteroatoms. The first-order chi connectivity index (χ1) is 5.88. The van der Waals surface area contributed by atoms with E-state index in [-0.39, 0.29) is 6.61 Å². The summed E-state index contributed by atoms with van der Waals surface area (Å²) in [7, 11) is 1.69. The molecule has 78 valence electrons. The Balaban J connectivity index is 3.70. The molecule has 1 N–H and O–H groups in total. The van der Waals surface area contributed by atoms with Crippen LogP contribution in [-0.4, -0.2) is 32.5 Å². The molecule has 0 aromatic heterocycles. The molecule has 0 radical (unpaired) electrons. The summed E-state index contributed by atoms with van der Waals surface area (Å²) in [4.78, 5) is 0. The smallest absolute Gasteiger partial charge is 0.365 e. The largest absolute Gasteiger partial charge is 0.414 e. The Bertz CT molecular complexity index is 167. The summed E-state index contributed by atoms with van der Waals surface area (Å²) < 4.78 is 40.3. The van der Waals surface area contributed by atoms with Crippen LogP contribution in [0.5, 0.6) is 0 Å². The number of ether oxygens (including phenoxy) is 1. The van der Waals surface area contributed by atoms with Crippen molar-refractivity contribution in [1.82, 2.24) is 5.32 Å². The molecule has 0 rings (SSSR count). The number of likely N-dealkylation sites (N-methyl/N-ethyl adjacent to an activating group) is 1. The van der Waals surface area contributed by atoms with Gasteiger partial charge in [-0.3, -0.25) is 0 Å². The second kappa shape index (κ2) is 5.24. The minimum Gasteiger partial charge on any atom is -0.365 e. The zero-order valence-electron chi connectivity index (χ0n) is 7.74. The van der Waals surface area contributed by atoms with Crippen LogP contribution in [0.15, 0.2) is 12.2 Å². The lowest BCUT2D eigenvalue weighted by Crippen LogP contribution is -2.29. The number of hydrogen-bond acceptors (Lipinski definition) is 2. The van der Waals surface area contributed by atoms with Gasteiger partial charge in [0, 0.05) is 6.54 Å². The van der Waals surface area contributed by atoms with Crippen molar-refractivity contribution in [2.75, 3.05) is 20.2 Å². The van der Waals surface area contributed by atoms with E-state index in [0.717, 1.165) is 6.92 Å². The Kier molecular flexibility index (Phi) is 5.02. The fourth-order valence-electron chi connectivity index (χ4n) is 0.638. The molecule has 0 aromatic carbocycles. The fourth-order valence-corrected chi connectivity index (χ4v) is 0.638. The monoisotopic (exact) mass is 197 g/mol. The van der Waals surface area contributed by atoms with Gasteiger partial charge < -0.3 is 10.1 Å². The lowest BCUT2D eigenvalue weighted by molar-refractivity contribution is -0.211. The molecule has 1 atom stereocenters. The highest BCUT2D eigenvalue weighted by Gasteiger charge is 2.36. The second-order valence-electron chi connectivity index (χ2n) is 2.78. The highest BCUT2D eigenvalue weighted by Crippen LogP contribution is 2.22. The molecule has 0 heterocycles. The van der Waals surface area contributed by atoms with E-state index in [4.69, 9.17) is 0 Å². The Morgan fingerprint density at radius 1 is 1.54 bits per heavy atom. The van der Waals surface area contributed by atoms with Gasteiger partial charge in [-0.05, 0) is 19.5 Å². The van der Waals surface area contributed by atoms with Crippen molar-refractivity contribution in [3.63, 3.8) is 0 Å². The third kappa shape index (κ3) is 5.65. The molecule has 13 heavy (non-hydrogen) atoms. The summed E-state index contributed by atoms with van der Waals surface area (Å²) in [6.45, 7) is 4.92. The van der Waals surface area contributed by atoms with Crippen LogP contribution in [0.1, 0.15) is 6.92 Å². The molecule has 0 aromatic rings. The van der Waals surface area contributed by atoms with E-state index >= 15 is 0 Å². The minimum atomic E-state index is -4.29. The van der Waals surface area contributed by atoms with Gasteiger partial charge in [-0.2, -0.15) is 13.2 Å². The predicted molar refractivity (Wildman–Crippen MR) is 44.5 cm³/mol. The number of rotatable bonds is 5. The molecule has 0 spiro atoms. The average Bonchev–Trinajstić information content (AvgIpc) is 1.99. The summed E-state index contributed by atoms with van der Waals surface area (Å²) in [6.07, 6.45) is -6.03. The van der Waals surface area contributed by atoms with Gasteiger partial charge >= 0.3 is 6.18 Å². The van der Waals surface area contributed by atoms with Crippen LogP contribution in [0.4, 0.5) is 13.2 Å². The van der Waals surface area contributed by atoms with Crippen molar-refractivity contribution in [2.45, 2.75) is 19.2 Å². The summed E-state index contributed by atoms with van der Waals surface area (Å²) >= 11 is 0. The van der Waals surface area contributed by atoms with Gasteiger partial charge in [0.2, 0.25) is 0 Å². The van der Waals surface area contributed by atoms with E-state index in [2.05, 4.69) is 16.6 Å². The van der Waals surface area contributed by atoms with Gasteiger partial charge in [0.1, 0.15) is 0 Å². The minimum absolute atomic E-state index is 0.0679. The number of halogens is 3. The van der Waals surface area contributed by atoms with Crippen molar-refractivity contribution < 1.29 is 17.9 Å². The lowest BCUT2D eigenvalue weighted by Gasteiger charge is -2.16. The lowest BCUT2D eigenvalue weighted by atomic mass is 10.3. The number of nitrogens with one attached hydrogen (secondary N) is 1. The first kappa shape index (κ1) is 12.4. The summed E-state index contributed by atoms with van der Waals surface area (Å²) in [6, 6.07) is 0. The Morgan fingerprint density at radius 3 is 2.46 bits per heavy atom. The Labute approximate surface area is 75.8 Å². The van der Waals surface area contributed by atoms with E-state index in [1.807, 2.05) is 0 Å². The van der Waals surface area contributed by atoms with Gasteiger partial charge in [0.05, 0.1) is 6.61 Å². The second-order valence-corrected chi connectivity index (χ2v) is 2.78. The normalized spacial score (nSPS) is 14.2. The molecule has 0 bridgehead atoms. The molecule has 0 aliphatic heterocycles. The van der Waals surface area contributed by atoms with E-state index in [1.165, 1.54) is 0 Å². The third-order valence-corrected chi connectivity index (χ3v) is 1.43. The van der Waals surface area contributed by atoms with Gasteiger partial charge in [0.25, 0.3) is 0 Å². The standard InChI is InChI=1S/C8H14F3NO/c1-6(4-12-3)5-13-7(2)8(9,10)11/h7,12H,1,4-5H2,2-3H3. The first-order valence-corrected chi connectivity index (χ1v) is 3.87. The SMILES string of the molecule is C=C(CNC)COC(C)C(F)(F)F. The molecule has 0 aliphatic carbocycles. The van der Waals surface area contributed by atoms with E-state index in [9.17, 15) is 13.2 Å². The van der Waals surface area contributed by atoms with Crippen molar-refractivity contribution in [1.29, 1.82) is 0 Å². The maximum atomic E-state index is 11.9. The fraction of sp³-hybridized carbons (Fsp3) is 0.750. The Hall–Kier alpha value is -0.550. The van der Waals surface area contributed by atoms with Crippen LogP contribution < -0.4 is 5.32 Å². The number of alkyl halides is 3. The van der Waals surface area contributed by atoms with Crippen LogP contribution in [0, 0.1) is 0 Å². The van der Waals surface area contributed by atoms with E-state index in [0.29, 0.717) is 12.1 Å². The molecular formula is C8H14F3NO. The van der Waals surface area contributed by atoms with Gasteiger partial charge in [-0.25, -0.2) is 0 Å². The highest BCUT2D eigenvalue weighted by atomic mass is 19.4. The van der Waals surface area contributed by atoms with Crippen molar-refractivity contribution in [3.05, 3.63) is 12.2 Å². The van der Waals surface area contributed by atoms with Crippen LogP contribution >= 0.6 is 0 Å². The summed E-state index contributed by atoms with van der Waals surface area (Å²) in [5.74, 6) is 0. The number of hydrogen-bond donors (Lipinski definition) is 1. The molecule has 0 amide bonds. The van der Waals surface area contributed by atoms with E-state index in [1.54, 1.807) is 7.05 Å². The van der Waals surface area contributed by atoms with E-state index < -0.39 is 12.3 Å². The highest BCUT2D eigenvalue weighted by molar-refractivity contribution is 4.96. The third-order valence-electron chi connectivity index (χ3n) is 1.43. The van der Waals surface area contributed by atoms with Crippen molar-refractivity contribution >= 4 is 0 Å². The van der Waals surface area contributed by atoms with Gasteiger partial charge in [-0.15, -0.1) is 0 Å². The van der Waals surface area contributed by atoms with Crippen LogP contribution in [-0.2, 0) is 4.74 Å². The zero-order chi connectivity index (χ0) is 10.5. The molecule has 1 unspecified atom stereocenters. The quantitative estimate of drug-likeness (QED) is 0.678. The summed E-state index contributed by atoms with van der Waals surface area (Å²) in [5, 5.41) is 2.77. The zero-order valence-corrected chi connectivity index (χ0v) is 7.74. The van der Waals surface area contributed by atoms with Gasteiger partial charge in [0.15, 0.2) is 6.10 Å². The van der Waals surface area contributed by atoms with Crippen molar-refractivity contribution in [3.8, 4) is 0 Å². The average molecular weight is 197 g/mol. The molecule has 0 saturated carbocycles. The molecule has 0 fully saturated rings. The summed E-state index contributed by atoms with van der Waals surface area (Å²) in [5.41, 5.74) is 0.596. The molecular weight excluding hydrogens is 183 g/mol. The van der Waals surface area contributed by atoms with Crippen LogP contribution in [0.3, 0.4) is 0 Å². The molecule has 0 aliphatic rings. The molecule has 0 saturated heterocycles. The maximum Gasteiger partial charge on any atom is 0.414 e. The van der Waals surface area contributed by atoms with Crippen LogP contribution in [0.2, 0.25) is 0 Å². The maximum absolute atomic E-state index is 11.9. The van der Waals surface area contributed by atoms with Crippen LogP contribution in [0.25, 0.3) is 0 Å². The van der Waals surface area contributed by atoms with Crippen molar-refractivity contribution in [2.24, 2.45) is 0 Å². The topological polar surface area (TPSA) is 21.3 Å². The first-order valence-electron chi connectivity index (χ1n) is 3.87. The van der Waals surface area contributed by atoms with Gasteiger partial charge in [-0.1, -0.05) is 6.58 Å². The Morgan fingerprint density at radius 2 is 2.08 bits per heavy atom.